The van der Waals surface area contributed by atoms with Gasteiger partial charge >= 0.3 is 18.0 Å². The summed E-state index contributed by atoms with van der Waals surface area (Å²) in [5, 5.41) is 10.9. The van der Waals surface area contributed by atoms with Crippen LogP contribution in [0.3, 0.4) is 0 Å². The highest BCUT2D eigenvalue weighted by molar-refractivity contribution is 5.93. The Labute approximate surface area is 217 Å². The second-order valence-corrected chi connectivity index (χ2v) is 13.6. The van der Waals surface area contributed by atoms with Crippen LogP contribution in [0.25, 0.3) is 0 Å². The van der Waals surface area contributed by atoms with E-state index in [0.717, 1.165) is 19.3 Å². The van der Waals surface area contributed by atoms with Gasteiger partial charge in [-0.05, 0) is 83.4 Å². The van der Waals surface area contributed by atoms with E-state index < -0.39 is 59.5 Å². The molecule has 9 nitrogen and oxygen atoms in total. The molecule has 4 saturated carbocycles. The Bertz CT molecular complexity index is 1050. The van der Waals surface area contributed by atoms with E-state index in [9.17, 15) is 19.5 Å². The maximum atomic E-state index is 13.4. The average molecular weight is 515 g/mol. The van der Waals surface area contributed by atoms with Crippen molar-refractivity contribution in [1.82, 2.24) is 9.80 Å². The molecule has 0 radical (unpaired) electrons. The van der Waals surface area contributed by atoms with Crippen molar-refractivity contribution >= 4 is 18.0 Å². The van der Waals surface area contributed by atoms with E-state index in [0.29, 0.717) is 29.7 Å². The molecule has 6 fully saturated rings. The maximum absolute atomic E-state index is 13.4. The molecule has 1 amide bonds. The smallest absolute Gasteiger partial charge is 0.408 e. The van der Waals surface area contributed by atoms with E-state index in [2.05, 4.69) is 0 Å². The Hall–Kier alpha value is -2.13. The van der Waals surface area contributed by atoms with Crippen LogP contribution in [0.2, 0.25) is 0 Å². The van der Waals surface area contributed by atoms with Crippen LogP contribution in [0.4, 0.5) is 4.79 Å². The first-order valence-corrected chi connectivity index (χ1v) is 14.0. The third-order valence-corrected chi connectivity index (χ3v) is 10.9. The van der Waals surface area contributed by atoms with E-state index in [-0.39, 0.29) is 11.9 Å². The Kier molecular flexibility index (Phi) is 4.99. The summed E-state index contributed by atoms with van der Waals surface area (Å²) < 4.78 is 18.1. The molecular formula is C28H38N2O7. The first kappa shape index (κ1) is 23.9. The molecule has 3 aliphatic heterocycles. The lowest BCUT2D eigenvalue weighted by Crippen LogP contribution is -2.68. The summed E-state index contributed by atoms with van der Waals surface area (Å²) in [6.45, 7) is 3.84. The topological polar surface area (TPSA) is 109 Å². The number of epoxide rings is 1. The van der Waals surface area contributed by atoms with Crippen molar-refractivity contribution in [2.45, 2.75) is 100 Å². The van der Waals surface area contributed by atoms with Gasteiger partial charge < -0.3 is 24.2 Å². The molecule has 1 N–H and O–H groups in total. The lowest BCUT2D eigenvalue weighted by Gasteiger charge is -2.61. The van der Waals surface area contributed by atoms with Crippen LogP contribution in [0, 0.1) is 29.6 Å². The maximum Gasteiger partial charge on any atom is 0.408 e. The fraction of sp³-hybridized carbons (Fsp3) is 0.821. The highest BCUT2D eigenvalue weighted by Crippen LogP contribution is 2.60. The molecule has 8 aliphatic rings. The van der Waals surface area contributed by atoms with Crippen molar-refractivity contribution < 1.29 is 33.7 Å². The molecule has 8 atom stereocenters. The van der Waals surface area contributed by atoms with Gasteiger partial charge in [0.05, 0.1) is 29.2 Å². The molecule has 2 saturated heterocycles. The molecule has 0 aromatic heterocycles. The first-order chi connectivity index (χ1) is 17.5. The summed E-state index contributed by atoms with van der Waals surface area (Å²) in [7, 11) is 3.80. The third-order valence-electron chi connectivity index (χ3n) is 10.9. The Morgan fingerprint density at radius 1 is 1.03 bits per heavy atom. The van der Waals surface area contributed by atoms with Crippen LogP contribution in [0.15, 0.2) is 11.6 Å². The van der Waals surface area contributed by atoms with Crippen LogP contribution in [-0.2, 0) is 23.8 Å². The highest BCUT2D eigenvalue weighted by Gasteiger charge is 2.68. The molecule has 5 aliphatic carbocycles. The van der Waals surface area contributed by atoms with E-state index in [1.165, 1.54) is 19.3 Å². The largest absolute Gasteiger partial charge is 0.465 e. The summed E-state index contributed by atoms with van der Waals surface area (Å²) in [5.41, 5.74) is -0.612. The molecule has 8 rings (SSSR count). The molecule has 8 unspecified atom stereocenters. The van der Waals surface area contributed by atoms with Crippen molar-refractivity contribution in [3.05, 3.63) is 11.6 Å². The summed E-state index contributed by atoms with van der Waals surface area (Å²) >= 11 is 0. The van der Waals surface area contributed by atoms with Gasteiger partial charge in [0, 0.05) is 17.9 Å². The van der Waals surface area contributed by atoms with Gasteiger partial charge in [0.15, 0.2) is 0 Å². The zero-order valence-corrected chi connectivity index (χ0v) is 22.1. The standard InChI is InChI=1S/C28H38N2O7/c1-13-20-18-8-17(25(32)35-18)21(29(3)4)22(23-27(2,37-23)12-19(20)36-24(13)31)30(26(33)34)28-9-14-5-15(10-28)7-16(6-14)11-28/h8,13-16,18-23H,5-7,9-12H2,1-4H3,(H,33,34). The van der Waals surface area contributed by atoms with Crippen LogP contribution in [0.5, 0.6) is 0 Å². The minimum atomic E-state index is -0.934. The van der Waals surface area contributed by atoms with Gasteiger partial charge in [0.1, 0.15) is 18.3 Å². The molecule has 37 heavy (non-hydrogen) atoms. The van der Waals surface area contributed by atoms with Crippen molar-refractivity contribution in [3.63, 3.8) is 0 Å². The second-order valence-electron chi connectivity index (χ2n) is 13.6. The summed E-state index contributed by atoms with van der Waals surface area (Å²) in [6.07, 6.45) is 6.22. The number of carboxylic acid groups (broad SMARTS) is 1. The van der Waals surface area contributed by atoms with E-state index in [1.54, 1.807) is 4.90 Å². The molecule has 0 aromatic carbocycles. The predicted molar refractivity (Wildman–Crippen MR) is 130 cm³/mol. The van der Waals surface area contributed by atoms with Gasteiger partial charge in [0.2, 0.25) is 0 Å². The Morgan fingerprint density at radius 2 is 1.65 bits per heavy atom. The molecule has 6 bridgehead atoms. The van der Waals surface area contributed by atoms with E-state index in [1.807, 2.05) is 38.9 Å². The number of esters is 2. The molecule has 0 spiro atoms. The molecule has 0 aromatic rings. The zero-order chi connectivity index (χ0) is 26.0. The van der Waals surface area contributed by atoms with Crippen LogP contribution in [-0.4, -0.2) is 88.6 Å². The number of hydrogen-bond donors (Lipinski definition) is 1. The number of fused-ring (bicyclic) bond motifs is 4. The number of carbonyl (C=O) groups is 3. The number of carbonyl (C=O) groups excluding carboxylic acids is 2. The number of nitrogens with zero attached hydrogens (tertiary/aromatic N) is 2. The number of likely N-dealkylation sites (N-methyl/N-ethyl adjacent to an activating group) is 1. The Balaban J connectivity index is 1.36. The predicted octanol–water partition coefficient (Wildman–Crippen LogP) is 2.82. The number of rotatable bonds is 3. The number of amides is 1. The fourth-order valence-corrected chi connectivity index (χ4v) is 9.83. The van der Waals surface area contributed by atoms with E-state index >= 15 is 0 Å². The SMILES string of the molecule is CC1C(=O)OC2CC3(C)OC3C(N(C(=O)O)C34CC5CC(CC(C5)C3)C4)C(N(C)C)C3=CC(OC3=O)C21. The third kappa shape index (κ3) is 3.38. The van der Waals surface area contributed by atoms with Gasteiger partial charge in [-0.3, -0.25) is 9.69 Å². The molecule has 202 valence electrons. The normalized spacial score (nSPS) is 51.2. The first-order valence-electron chi connectivity index (χ1n) is 14.0. The lowest BCUT2D eigenvalue weighted by atomic mass is 9.52. The van der Waals surface area contributed by atoms with Crippen molar-refractivity contribution in [3.8, 4) is 0 Å². The van der Waals surface area contributed by atoms with Gasteiger partial charge in [-0.1, -0.05) is 6.92 Å². The Morgan fingerprint density at radius 3 is 2.22 bits per heavy atom. The number of hydrogen-bond acceptors (Lipinski definition) is 7. The summed E-state index contributed by atoms with van der Waals surface area (Å²) in [4.78, 5) is 43.0. The van der Waals surface area contributed by atoms with Crippen molar-refractivity contribution in [2.75, 3.05) is 14.1 Å². The zero-order valence-electron chi connectivity index (χ0n) is 22.1. The fourth-order valence-electron chi connectivity index (χ4n) is 9.83. The van der Waals surface area contributed by atoms with Crippen LogP contribution < -0.4 is 0 Å². The van der Waals surface area contributed by atoms with Crippen molar-refractivity contribution in [1.29, 1.82) is 0 Å². The second kappa shape index (κ2) is 7.72. The summed E-state index contributed by atoms with van der Waals surface area (Å²) in [6, 6.07) is -1.09. The van der Waals surface area contributed by atoms with Crippen molar-refractivity contribution in [2.24, 2.45) is 29.6 Å². The average Bonchev–Trinajstić information content (AvgIpc) is 3.17. The summed E-state index contributed by atoms with van der Waals surface area (Å²) in [5.74, 6) is 0.309. The minimum absolute atomic E-state index is 0.283. The van der Waals surface area contributed by atoms with Gasteiger partial charge in [-0.25, -0.2) is 9.59 Å². The van der Waals surface area contributed by atoms with Gasteiger partial charge in [-0.2, -0.15) is 0 Å². The molecule has 3 heterocycles. The minimum Gasteiger partial charge on any atom is -0.465 e. The van der Waals surface area contributed by atoms with E-state index in [4.69, 9.17) is 14.2 Å². The molecule has 9 heteroatoms. The molecular weight excluding hydrogens is 476 g/mol. The van der Waals surface area contributed by atoms with Gasteiger partial charge in [-0.15, -0.1) is 0 Å². The van der Waals surface area contributed by atoms with Gasteiger partial charge in [0.25, 0.3) is 0 Å². The highest BCUT2D eigenvalue weighted by atomic mass is 16.6. The van der Waals surface area contributed by atoms with Crippen LogP contribution in [0.1, 0.15) is 58.8 Å². The van der Waals surface area contributed by atoms with Crippen LogP contribution >= 0.6 is 0 Å². The lowest BCUT2D eigenvalue weighted by molar-refractivity contribution is -0.144. The monoisotopic (exact) mass is 514 g/mol. The quantitative estimate of drug-likeness (QED) is 0.452. The number of ether oxygens (including phenoxy) is 3.